The molecule has 2 N–H and O–H groups in total. The summed E-state index contributed by atoms with van der Waals surface area (Å²) in [5.41, 5.74) is 3.95. The minimum absolute atomic E-state index is 0.0263. The van der Waals surface area contributed by atoms with Crippen molar-refractivity contribution in [1.29, 1.82) is 0 Å². The minimum atomic E-state index is -0.399. The number of nitrogens with one attached hydrogen (secondary N) is 1. The molecule has 0 bridgehead atoms. The fourth-order valence-corrected chi connectivity index (χ4v) is 4.17. The first kappa shape index (κ1) is 21.7. The molecule has 5 nitrogen and oxygen atoms in total. The summed E-state index contributed by atoms with van der Waals surface area (Å²) in [6.45, 7) is 0.521. The van der Waals surface area contributed by atoms with Crippen molar-refractivity contribution in [3.8, 4) is 11.5 Å². The van der Waals surface area contributed by atoms with E-state index in [1.54, 1.807) is 24.4 Å². The first-order chi connectivity index (χ1) is 14.7. The lowest BCUT2D eigenvalue weighted by atomic mass is 10.1. The van der Waals surface area contributed by atoms with Gasteiger partial charge >= 0.3 is 0 Å². The molecule has 0 aliphatic rings. The number of hydrogen-bond acceptors (Lipinski definition) is 5. The van der Waals surface area contributed by atoms with Crippen molar-refractivity contribution < 1.29 is 19.5 Å². The normalized spacial score (nSPS) is 11.5. The summed E-state index contributed by atoms with van der Waals surface area (Å²) in [6.07, 6.45) is 0.891. The fourth-order valence-electron chi connectivity index (χ4n) is 2.98. The van der Waals surface area contributed by atoms with Crippen LogP contribution in [0.4, 0.5) is 0 Å². The molecular weight excluding hydrogens is 398 g/mol. The molecule has 0 aliphatic carbocycles. The highest BCUT2D eigenvalue weighted by atomic mass is 32.2. The van der Waals surface area contributed by atoms with Crippen LogP contribution in [0.1, 0.15) is 17.5 Å². The standard InChI is InChI=1S/C24H25NO4S/c1-28-20-11-13-22(14-12-20)30-23(16-24(26)25-27)15-18-7-9-21(10-8-18)29-17-19-5-3-2-4-6-19/h2-14,23,27H,15-17H2,1H3,(H,25,26). The summed E-state index contributed by atoms with van der Waals surface area (Å²) in [7, 11) is 1.63. The molecular formula is C24H25NO4S. The number of benzene rings is 3. The van der Waals surface area contributed by atoms with Crippen LogP contribution in [0, 0.1) is 0 Å². The molecule has 1 atom stereocenters. The van der Waals surface area contributed by atoms with Gasteiger partial charge in [-0.3, -0.25) is 10.0 Å². The van der Waals surface area contributed by atoms with Gasteiger partial charge in [-0.15, -0.1) is 11.8 Å². The first-order valence-electron chi connectivity index (χ1n) is 9.65. The number of ether oxygens (including phenoxy) is 2. The van der Waals surface area contributed by atoms with E-state index in [9.17, 15) is 4.79 Å². The molecule has 0 heterocycles. The quantitative estimate of drug-likeness (QED) is 0.277. The average molecular weight is 424 g/mol. The van der Waals surface area contributed by atoms with Crippen LogP contribution in [-0.4, -0.2) is 23.5 Å². The second kappa shape index (κ2) is 11.3. The van der Waals surface area contributed by atoms with Gasteiger partial charge in [-0.2, -0.15) is 0 Å². The van der Waals surface area contributed by atoms with Gasteiger partial charge in [-0.05, 0) is 53.9 Å². The minimum Gasteiger partial charge on any atom is -0.497 e. The molecule has 1 amide bonds. The SMILES string of the molecule is COc1ccc(SC(CC(=O)NO)Cc2ccc(OCc3ccccc3)cc2)cc1. The third kappa shape index (κ3) is 6.83. The highest BCUT2D eigenvalue weighted by Gasteiger charge is 2.16. The largest absolute Gasteiger partial charge is 0.497 e. The van der Waals surface area contributed by atoms with E-state index in [2.05, 4.69) is 0 Å². The zero-order valence-electron chi connectivity index (χ0n) is 16.8. The molecule has 0 radical (unpaired) electrons. The number of thioether (sulfide) groups is 1. The predicted molar refractivity (Wildman–Crippen MR) is 118 cm³/mol. The Labute approximate surface area is 181 Å². The highest BCUT2D eigenvalue weighted by molar-refractivity contribution is 8.00. The Kier molecular flexibility index (Phi) is 8.18. The molecule has 3 aromatic carbocycles. The van der Waals surface area contributed by atoms with Gasteiger partial charge in [-0.25, -0.2) is 5.48 Å². The Morgan fingerprint density at radius 3 is 2.23 bits per heavy atom. The van der Waals surface area contributed by atoms with Crippen LogP contribution in [-0.2, 0) is 17.8 Å². The van der Waals surface area contributed by atoms with Crippen molar-refractivity contribution in [2.24, 2.45) is 0 Å². The molecule has 3 rings (SSSR count). The molecule has 0 aromatic heterocycles. The Bertz CT molecular complexity index is 914. The van der Waals surface area contributed by atoms with E-state index in [0.717, 1.165) is 27.5 Å². The van der Waals surface area contributed by atoms with E-state index in [-0.39, 0.29) is 11.7 Å². The number of rotatable bonds is 10. The van der Waals surface area contributed by atoms with Crippen LogP contribution in [0.25, 0.3) is 0 Å². The van der Waals surface area contributed by atoms with E-state index in [4.69, 9.17) is 14.7 Å². The van der Waals surface area contributed by atoms with E-state index in [0.29, 0.717) is 13.0 Å². The van der Waals surface area contributed by atoms with Crippen LogP contribution in [0.3, 0.4) is 0 Å². The molecule has 0 spiro atoms. The lowest BCUT2D eigenvalue weighted by molar-refractivity contribution is -0.129. The molecule has 0 fully saturated rings. The van der Waals surface area contributed by atoms with Crippen molar-refractivity contribution in [1.82, 2.24) is 5.48 Å². The van der Waals surface area contributed by atoms with E-state index in [1.165, 1.54) is 0 Å². The molecule has 0 aliphatic heterocycles. The summed E-state index contributed by atoms with van der Waals surface area (Å²) in [6, 6.07) is 25.7. The number of methoxy groups -OCH3 is 1. The first-order valence-corrected chi connectivity index (χ1v) is 10.5. The zero-order valence-corrected chi connectivity index (χ0v) is 17.6. The number of carbonyl (C=O) groups is 1. The fraction of sp³-hybridized carbons (Fsp3) is 0.208. The molecule has 3 aromatic rings. The second-order valence-electron chi connectivity index (χ2n) is 6.78. The van der Waals surface area contributed by atoms with Gasteiger partial charge in [0.15, 0.2) is 0 Å². The summed E-state index contributed by atoms with van der Waals surface area (Å²) in [4.78, 5) is 12.8. The van der Waals surface area contributed by atoms with Crippen molar-refractivity contribution in [3.63, 3.8) is 0 Å². The van der Waals surface area contributed by atoms with Gasteiger partial charge in [0.1, 0.15) is 18.1 Å². The maximum absolute atomic E-state index is 11.8. The van der Waals surface area contributed by atoms with Gasteiger partial charge in [0, 0.05) is 16.6 Å². The molecule has 0 saturated heterocycles. The van der Waals surface area contributed by atoms with Crippen LogP contribution >= 0.6 is 11.8 Å². The molecule has 30 heavy (non-hydrogen) atoms. The van der Waals surface area contributed by atoms with Gasteiger partial charge in [-0.1, -0.05) is 42.5 Å². The number of amides is 1. The van der Waals surface area contributed by atoms with Crippen molar-refractivity contribution in [3.05, 3.63) is 90.0 Å². The average Bonchev–Trinajstić information content (AvgIpc) is 2.79. The van der Waals surface area contributed by atoms with Gasteiger partial charge in [0.25, 0.3) is 0 Å². The molecule has 156 valence electrons. The number of hydroxylamine groups is 1. The number of carbonyl (C=O) groups excluding carboxylic acids is 1. The van der Waals surface area contributed by atoms with Crippen LogP contribution in [0.15, 0.2) is 83.8 Å². The lowest BCUT2D eigenvalue weighted by Gasteiger charge is -2.16. The molecule has 0 saturated carbocycles. The van der Waals surface area contributed by atoms with Crippen LogP contribution < -0.4 is 15.0 Å². The predicted octanol–water partition coefficient (Wildman–Crippen LogP) is 4.87. The summed E-state index contributed by atoms with van der Waals surface area (Å²) >= 11 is 1.60. The maximum atomic E-state index is 11.8. The molecule has 1 unspecified atom stereocenters. The number of hydrogen-bond donors (Lipinski definition) is 2. The topological polar surface area (TPSA) is 67.8 Å². The second-order valence-corrected chi connectivity index (χ2v) is 8.15. The summed E-state index contributed by atoms with van der Waals surface area (Å²) in [5, 5.41) is 8.91. The Morgan fingerprint density at radius 2 is 1.60 bits per heavy atom. The van der Waals surface area contributed by atoms with E-state index < -0.39 is 5.91 Å². The van der Waals surface area contributed by atoms with Gasteiger partial charge < -0.3 is 9.47 Å². The smallest absolute Gasteiger partial charge is 0.244 e. The Hall–Kier alpha value is -2.96. The van der Waals surface area contributed by atoms with Crippen LogP contribution in [0.2, 0.25) is 0 Å². The van der Waals surface area contributed by atoms with Crippen molar-refractivity contribution in [2.45, 2.75) is 29.6 Å². The summed E-state index contributed by atoms with van der Waals surface area (Å²) < 4.78 is 11.0. The van der Waals surface area contributed by atoms with Gasteiger partial charge in [0.05, 0.1) is 7.11 Å². The Morgan fingerprint density at radius 1 is 0.933 bits per heavy atom. The van der Waals surface area contributed by atoms with Gasteiger partial charge in [0.2, 0.25) is 5.91 Å². The lowest BCUT2D eigenvalue weighted by Crippen LogP contribution is -2.24. The van der Waals surface area contributed by atoms with E-state index in [1.807, 2.05) is 78.9 Å². The van der Waals surface area contributed by atoms with E-state index >= 15 is 0 Å². The third-order valence-electron chi connectivity index (χ3n) is 4.54. The zero-order chi connectivity index (χ0) is 21.2. The van der Waals surface area contributed by atoms with Crippen molar-refractivity contribution >= 4 is 17.7 Å². The monoisotopic (exact) mass is 423 g/mol. The third-order valence-corrected chi connectivity index (χ3v) is 5.75. The van der Waals surface area contributed by atoms with Crippen molar-refractivity contribution in [2.75, 3.05) is 7.11 Å². The molecule has 6 heteroatoms. The van der Waals surface area contributed by atoms with Crippen LogP contribution in [0.5, 0.6) is 11.5 Å². The highest BCUT2D eigenvalue weighted by Crippen LogP contribution is 2.30. The Balaban J connectivity index is 1.61. The maximum Gasteiger partial charge on any atom is 0.244 e. The summed E-state index contributed by atoms with van der Waals surface area (Å²) in [5.74, 6) is 1.19.